The molecule has 0 unspecified atom stereocenters. The first-order valence-corrected chi connectivity index (χ1v) is 8.33. The van der Waals surface area contributed by atoms with Gasteiger partial charge < -0.3 is 10.6 Å². The largest absolute Gasteiger partial charge is 0.302 e. The maximum Gasteiger partial charge on any atom is 0.0458 e. The Bertz CT molecular complexity index is 235. The van der Waals surface area contributed by atoms with Crippen molar-refractivity contribution in [2.24, 2.45) is 10.8 Å². The Balaban J connectivity index is 1.58. The molecule has 0 aliphatic heterocycles. The topological polar surface area (TPSA) is 24.1 Å². The van der Waals surface area contributed by atoms with Gasteiger partial charge in [0.25, 0.3) is 0 Å². The van der Waals surface area contributed by atoms with E-state index in [4.69, 9.17) is 0 Å². The lowest BCUT2D eigenvalue weighted by molar-refractivity contribution is 0.188. The molecule has 0 bridgehead atoms. The van der Waals surface area contributed by atoms with Gasteiger partial charge in [-0.1, -0.05) is 27.7 Å². The quantitative estimate of drug-likeness (QED) is 0.750. The Morgan fingerprint density at radius 1 is 0.684 bits per heavy atom. The second-order valence-electron chi connectivity index (χ2n) is 8.46. The molecule has 0 aromatic rings. The van der Waals surface area contributed by atoms with Gasteiger partial charge in [0, 0.05) is 18.8 Å². The third kappa shape index (κ3) is 5.07. The molecule has 2 aliphatic carbocycles. The molecule has 2 heteroatoms. The first kappa shape index (κ1) is 15.3. The van der Waals surface area contributed by atoms with Crippen LogP contribution in [0.3, 0.4) is 0 Å². The zero-order valence-corrected chi connectivity index (χ0v) is 13.5. The second kappa shape index (κ2) is 6.13. The van der Waals surface area contributed by atoms with E-state index in [-0.39, 0.29) is 0 Å². The lowest BCUT2D eigenvalue weighted by Gasteiger charge is -2.36. The Labute approximate surface area is 120 Å². The summed E-state index contributed by atoms with van der Waals surface area (Å²) in [4.78, 5) is 0. The predicted octanol–water partition coefficient (Wildman–Crippen LogP) is 4.06. The van der Waals surface area contributed by atoms with Crippen LogP contribution in [0.1, 0.15) is 79.1 Å². The molecule has 0 saturated heterocycles. The van der Waals surface area contributed by atoms with E-state index in [2.05, 4.69) is 38.3 Å². The molecule has 2 saturated carbocycles. The summed E-state index contributed by atoms with van der Waals surface area (Å²) in [6, 6.07) is 1.50. The molecule has 112 valence electrons. The summed E-state index contributed by atoms with van der Waals surface area (Å²) < 4.78 is 0. The van der Waals surface area contributed by atoms with Crippen LogP contribution >= 0.6 is 0 Å². The van der Waals surface area contributed by atoms with Crippen LogP contribution in [0.15, 0.2) is 0 Å². The monoisotopic (exact) mass is 266 g/mol. The molecular formula is C17H34N2. The maximum atomic E-state index is 3.72. The summed E-state index contributed by atoms with van der Waals surface area (Å²) in [6.45, 7) is 10.6. The molecule has 0 aromatic carbocycles. The highest BCUT2D eigenvalue weighted by atomic mass is 15.1. The average molecular weight is 266 g/mol. The fraction of sp³-hybridized carbons (Fsp3) is 1.00. The van der Waals surface area contributed by atoms with Crippen molar-refractivity contribution in [3.63, 3.8) is 0 Å². The molecular weight excluding hydrogens is 232 g/mol. The molecule has 0 radical (unpaired) electrons. The van der Waals surface area contributed by atoms with Crippen LogP contribution in [-0.4, -0.2) is 18.8 Å². The van der Waals surface area contributed by atoms with Crippen molar-refractivity contribution in [1.82, 2.24) is 10.6 Å². The third-order valence-corrected chi connectivity index (χ3v) is 5.46. The van der Waals surface area contributed by atoms with Gasteiger partial charge in [0.15, 0.2) is 0 Å². The molecule has 0 atom stereocenters. The highest BCUT2D eigenvalue weighted by Crippen LogP contribution is 2.36. The van der Waals surface area contributed by atoms with Crippen LogP contribution in [0.4, 0.5) is 0 Å². The average Bonchev–Trinajstić information content (AvgIpc) is 2.33. The van der Waals surface area contributed by atoms with Crippen LogP contribution in [0.5, 0.6) is 0 Å². The molecule has 0 spiro atoms. The van der Waals surface area contributed by atoms with E-state index in [0.29, 0.717) is 10.8 Å². The van der Waals surface area contributed by atoms with E-state index in [1.54, 1.807) is 0 Å². The SMILES string of the molecule is CC1(C)CCC(NCNC2CCC(C)(C)CC2)CC1. The minimum atomic E-state index is 0.584. The Morgan fingerprint density at radius 3 is 1.32 bits per heavy atom. The summed E-state index contributed by atoms with van der Waals surface area (Å²) in [5.74, 6) is 0. The van der Waals surface area contributed by atoms with Crippen molar-refractivity contribution in [2.75, 3.05) is 6.67 Å². The van der Waals surface area contributed by atoms with Crippen LogP contribution in [-0.2, 0) is 0 Å². The maximum absolute atomic E-state index is 3.72. The zero-order chi connectivity index (χ0) is 13.9. The second-order valence-corrected chi connectivity index (χ2v) is 8.46. The number of nitrogens with one attached hydrogen (secondary N) is 2. The standard InChI is InChI=1S/C17H34N2/c1-16(2)9-5-14(6-10-16)18-13-19-15-7-11-17(3,4)12-8-15/h14-15,18-19H,5-13H2,1-4H3. The van der Waals surface area contributed by atoms with Gasteiger partial charge in [-0.2, -0.15) is 0 Å². The fourth-order valence-corrected chi connectivity index (χ4v) is 3.55. The first-order chi connectivity index (χ1) is 8.86. The van der Waals surface area contributed by atoms with E-state index >= 15 is 0 Å². The minimum Gasteiger partial charge on any atom is -0.302 e. The van der Waals surface area contributed by atoms with Crippen LogP contribution in [0.2, 0.25) is 0 Å². The van der Waals surface area contributed by atoms with E-state index in [1.165, 1.54) is 51.4 Å². The summed E-state index contributed by atoms with van der Waals surface area (Å²) in [7, 11) is 0. The molecule has 2 aliphatic rings. The first-order valence-electron chi connectivity index (χ1n) is 8.33. The summed E-state index contributed by atoms with van der Waals surface area (Å²) in [6.07, 6.45) is 10.9. The third-order valence-electron chi connectivity index (χ3n) is 5.46. The van der Waals surface area contributed by atoms with Gasteiger partial charge in [-0.15, -0.1) is 0 Å². The molecule has 0 heterocycles. The van der Waals surface area contributed by atoms with Crippen molar-refractivity contribution in [3.05, 3.63) is 0 Å². The minimum absolute atomic E-state index is 0.584. The molecule has 0 amide bonds. The van der Waals surface area contributed by atoms with E-state index in [0.717, 1.165) is 18.8 Å². The summed E-state index contributed by atoms with van der Waals surface area (Å²) in [5.41, 5.74) is 1.17. The van der Waals surface area contributed by atoms with Gasteiger partial charge >= 0.3 is 0 Å². The van der Waals surface area contributed by atoms with Gasteiger partial charge in [0.1, 0.15) is 0 Å². The molecule has 2 N–H and O–H groups in total. The zero-order valence-electron chi connectivity index (χ0n) is 13.5. The van der Waals surface area contributed by atoms with Gasteiger partial charge in [-0.3, -0.25) is 0 Å². The fourth-order valence-electron chi connectivity index (χ4n) is 3.55. The van der Waals surface area contributed by atoms with Crippen molar-refractivity contribution >= 4 is 0 Å². The molecule has 19 heavy (non-hydrogen) atoms. The Hall–Kier alpha value is -0.0800. The smallest absolute Gasteiger partial charge is 0.0458 e. The van der Waals surface area contributed by atoms with E-state index in [9.17, 15) is 0 Å². The van der Waals surface area contributed by atoms with E-state index < -0.39 is 0 Å². The van der Waals surface area contributed by atoms with E-state index in [1.807, 2.05) is 0 Å². The van der Waals surface area contributed by atoms with Crippen molar-refractivity contribution < 1.29 is 0 Å². The predicted molar refractivity (Wildman–Crippen MR) is 83.2 cm³/mol. The van der Waals surface area contributed by atoms with Crippen LogP contribution < -0.4 is 10.6 Å². The number of hydrogen-bond acceptors (Lipinski definition) is 2. The van der Waals surface area contributed by atoms with Gasteiger partial charge in [0.05, 0.1) is 0 Å². The Kier molecular flexibility index (Phi) is 4.94. The molecule has 2 rings (SSSR count). The highest BCUT2D eigenvalue weighted by molar-refractivity contribution is 4.84. The number of hydrogen-bond donors (Lipinski definition) is 2. The molecule has 0 aromatic heterocycles. The lowest BCUT2D eigenvalue weighted by Crippen LogP contribution is -2.45. The highest BCUT2D eigenvalue weighted by Gasteiger charge is 2.28. The lowest BCUT2D eigenvalue weighted by atomic mass is 9.75. The van der Waals surface area contributed by atoms with Crippen molar-refractivity contribution in [2.45, 2.75) is 91.1 Å². The summed E-state index contributed by atoms with van der Waals surface area (Å²) in [5, 5.41) is 7.43. The molecule has 2 nitrogen and oxygen atoms in total. The van der Waals surface area contributed by atoms with Gasteiger partial charge in [0.2, 0.25) is 0 Å². The van der Waals surface area contributed by atoms with Crippen molar-refractivity contribution in [3.8, 4) is 0 Å². The summed E-state index contributed by atoms with van der Waals surface area (Å²) >= 11 is 0. The molecule has 2 fully saturated rings. The van der Waals surface area contributed by atoms with Crippen LogP contribution in [0.25, 0.3) is 0 Å². The Morgan fingerprint density at radius 2 is 1.00 bits per heavy atom. The van der Waals surface area contributed by atoms with Crippen LogP contribution in [0, 0.1) is 10.8 Å². The number of rotatable bonds is 4. The van der Waals surface area contributed by atoms with Gasteiger partial charge in [-0.25, -0.2) is 0 Å². The van der Waals surface area contributed by atoms with Gasteiger partial charge in [-0.05, 0) is 62.2 Å². The van der Waals surface area contributed by atoms with Crippen molar-refractivity contribution in [1.29, 1.82) is 0 Å². The normalized spacial score (nSPS) is 28.4.